The number of anilines is 1. The summed E-state index contributed by atoms with van der Waals surface area (Å²) in [5.41, 5.74) is 1.84. The number of hydrogen-bond donors (Lipinski definition) is 1. The molecule has 0 unspecified atom stereocenters. The Labute approximate surface area is 112 Å². The quantitative estimate of drug-likeness (QED) is 0.650. The fourth-order valence-corrected chi connectivity index (χ4v) is 2.51. The highest BCUT2D eigenvalue weighted by molar-refractivity contribution is 5.61. The molecule has 1 fully saturated rings. The van der Waals surface area contributed by atoms with Gasteiger partial charge in [-0.2, -0.15) is 0 Å². The molecule has 0 aliphatic carbocycles. The van der Waals surface area contributed by atoms with Gasteiger partial charge in [-0.15, -0.1) is 0 Å². The van der Waals surface area contributed by atoms with Gasteiger partial charge in [-0.3, -0.25) is 15.0 Å². The summed E-state index contributed by atoms with van der Waals surface area (Å²) in [4.78, 5) is 15.0. The minimum absolute atomic E-state index is 0.176. The molecule has 0 bridgehead atoms. The van der Waals surface area contributed by atoms with E-state index in [-0.39, 0.29) is 17.2 Å². The molecule has 1 aromatic carbocycles. The molecular weight excluding hydrogens is 246 g/mol. The van der Waals surface area contributed by atoms with Crippen molar-refractivity contribution >= 4 is 11.4 Å². The van der Waals surface area contributed by atoms with Crippen molar-refractivity contribution in [3.8, 4) is 0 Å². The van der Waals surface area contributed by atoms with Crippen LogP contribution in [-0.4, -0.2) is 54.3 Å². The predicted molar refractivity (Wildman–Crippen MR) is 73.6 cm³/mol. The van der Waals surface area contributed by atoms with Crippen LogP contribution in [0.3, 0.4) is 0 Å². The second kappa shape index (κ2) is 5.99. The van der Waals surface area contributed by atoms with Crippen molar-refractivity contribution < 1.29 is 10.0 Å². The summed E-state index contributed by atoms with van der Waals surface area (Å²) in [5, 5.41) is 19.9. The van der Waals surface area contributed by atoms with Crippen molar-refractivity contribution in [3.63, 3.8) is 0 Å². The first kappa shape index (κ1) is 13.8. The van der Waals surface area contributed by atoms with E-state index in [2.05, 4.69) is 9.80 Å². The third-order valence-electron chi connectivity index (χ3n) is 3.60. The Morgan fingerprint density at radius 3 is 2.58 bits per heavy atom. The number of piperazine rings is 1. The molecule has 0 atom stereocenters. The third kappa shape index (κ3) is 3.02. The Morgan fingerprint density at radius 1 is 1.32 bits per heavy atom. The summed E-state index contributed by atoms with van der Waals surface area (Å²) in [7, 11) is 0. The van der Waals surface area contributed by atoms with Crippen molar-refractivity contribution in [2.45, 2.75) is 6.92 Å². The van der Waals surface area contributed by atoms with Gasteiger partial charge in [-0.1, -0.05) is 6.07 Å². The topological polar surface area (TPSA) is 69.8 Å². The number of aliphatic hydroxyl groups is 1. The summed E-state index contributed by atoms with van der Waals surface area (Å²) in [6.45, 7) is 6.10. The molecule has 1 aliphatic heterocycles. The van der Waals surface area contributed by atoms with Gasteiger partial charge >= 0.3 is 0 Å². The molecule has 0 amide bonds. The Balaban J connectivity index is 2.11. The maximum absolute atomic E-state index is 10.9. The maximum atomic E-state index is 10.9. The van der Waals surface area contributed by atoms with Gasteiger partial charge in [0.1, 0.15) is 0 Å². The minimum Gasteiger partial charge on any atom is -0.395 e. The molecule has 0 spiro atoms. The molecule has 1 saturated heterocycles. The number of benzene rings is 1. The van der Waals surface area contributed by atoms with Crippen LogP contribution in [0.15, 0.2) is 18.2 Å². The lowest BCUT2D eigenvalue weighted by atomic mass is 10.1. The van der Waals surface area contributed by atoms with Crippen LogP contribution in [0.4, 0.5) is 11.4 Å². The summed E-state index contributed by atoms with van der Waals surface area (Å²) >= 11 is 0. The average Bonchev–Trinajstić information content (AvgIpc) is 2.40. The highest BCUT2D eigenvalue weighted by atomic mass is 16.6. The minimum atomic E-state index is -0.332. The van der Waals surface area contributed by atoms with Crippen molar-refractivity contribution in [1.82, 2.24) is 4.90 Å². The lowest BCUT2D eigenvalue weighted by molar-refractivity contribution is -0.385. The van der Waals surface area contributed by atoms with Crippen LogP contribution in [0.2, 0.25) is 0 Å². The SMILES string of the molecule is Cc1c(N2CCN(CCO)CC2)cccc1[N+](=O)[O-]. The fraction of sp³-hybridized carbons (Fsp3) is 0.538. The zero-order chi connectivity index (χ0) is 13.8. The fourth-order valence-electron chi connectivity index (χ4n) is 2.51. The first-order valence-corrected chi connectivity index (χ1v) is 6.45. The second-order valence-corrected chi connectivity index (χ2v) is 4.73. The standard InChI is InChI=1S/C13H19N3O3/c1-11-12(3-2-4-13(11)16(18)19)15-7-5-14(6-8-15)9-10-17/h2-4,17H,5-10H2,1H3. The van der Waals surface area contributed by atoms with Gasteiger partial charge in [-0.05, 0) is 13.0 Å². The molecule has 19 heavy (non-hydrogen) atoms. The van der Waals surface area contributed by atoms with Crippen LogP contribution in [0, 0.1) is 17.0 Å². The van der Waals surface area contributed by atoms with E-state index in [1.165, 1.54) is 0 Å². The van der Waals surface area contributed by atoms with Gasteiger partial charge in [0.2, 0.25) is 0 Å². The number of β-amino-alcohol motifs (C(OH)–C–C–N with tert-alkyl or cyclic N) is 1. The van der Waals surface area contributed by atoms with Crippen LogP contribution < -0.4 is 4.90 Å². The molecule has 0 saturated carbocycles. The first-order chi connectivity index (χ1) is 9.13. The molecule has 0 aromatic heterocycles. The van der Waals surface area contributed by atoms with E-state index in [0.29, 0.717) is 6.54 Å². The maximum Gasteiger partial charge on any atom is 0.274 e. The summed E-state index contributed by atoms with van der Waals surface area (Å²) < 4.78 is 0. The largest absolute Gasteiger partial charge is 0.395 e. The van der Waals surface area contributed by atoms with Gasteiger partial charge in [0, 0.05) is 44.5 Å². The zero-order valence-corrected chi connectivity index (χ0v) is 11.1. The van der Waals surface area contributed by atoms with Crippen molar-refractivity contribution in [1.29, 1.82) is 0 Å². The monoisotopic (exact) mass is 265 g/mol. The van der Waals surface area contributed by atoms with E-state index in [1.54, 1.807) is 19.1 Å². The molecule has 0 radical (unpaired) electrons. The lowest BCUT2D eigenvalue weighted by Gasteiger charge is -2.36. The molecular formula is C13H19N3O3. The number of rotatable bonds is 4. The van der Waals surface area contributed by atoms with Gasteiger partial charge in [0.15, 0.2) is 0 Å². The van der Waals surface area contributed by atoms with Gasteiger partial charge in [0.05, 0.1) is 17.1 Å². The number of hydrogen-bond acceptors (Lipinski definition) is 5. The normalized spacial score (nSPS) is 16.6. The molecule has 6 nitrogen and oxygen atoms in total. The third-order valence-corrected chi connectivity index (χ3v) is 3.60. The van der Waals surface area contributed by atoms with E-state index in [0.717, 1.165) is 37.4 Å². The van der Waals surface area contributed by atoms with E-state index in [4.69, 9.17) is 5.11 Å². The van der Waals surface area contributed by atoms with Crippen LogP contribution >= 0.6 is 0 Å². The molecule has 1 N–H and O–H groups in total. The van der Waals surface area contributed by atoms with Crippen LogP contribution in [0.5, 0.6) is 0 Å². The van der Waals surface area contributed by atoms with Crippen molar-refractivity contribution in [3.05, 3.63) is 33.9 Å². The lowest BCUT2D eigenvalue weighted by Crippen LogP contribution is -2.47. The Bertz CT molecular complexity index is 456. The number of nitrogens with zero attached hydrogens (tertiary/aromatic N) is 3. The Kier molecular flexibility index (Phi) is 4.34. The predicted octanol–water partition coefficient (Wildman–Crippen LogP) is 1.02. The van der Waals surface area contributed by atoms with Crippen molar-refractivity contribution in [2.75, 3.05) is 44.2 Å². The van der Waals surface area contributed by atoms with E-state index in [1.807, 2.05) is 6.07 Å². The molecule has 1 aliphatic rings. The van der Waals surface area contributed by atoms with E-state index < -0.39 is 0 Å². The molecule has 2 rings (SSSR count). The highest BCUT2D eigenvalue weighted by Crippen LogP contribution is 2.28. The summed E-state index contributed by atoms with van der Waals surface area (Å²) in [5.74, 6) is 0. The van der Waals surface area contributed by atoms with Gasteiger partial charge < -0.3 is 10.0 Å². The van der Waals surface area contributed by atoms with Crippen LogP contribution in [-0.2, 0) is 0 Å². The number of aliphatic hydroxyl groups excluding tert-OH is 1. The Hall–Kier alpha value is -1.66. The summed E-state index contributed by atoms with van der Waals surface area (Å²) in [6, 6.07) is 5.21. The van der Waals surface area contributed by atoms with Crippen molar-refractivity contribution in [2.24, 2.45) is 0 Å². The molecule has 104 valence electrons. The number of nitro groups is 1. The van der Waals surface area contributed by atoms with Gasteiger partial charge in [-0.25, -0.2) is 0 Å². The zero-order valence-electron chi connectivity index (χ0n) is 11.1. The van der Waals surface area contributed by atoms with Gasteiger partial charge in [0.25, 0.3) is 5.69 Å². The second-order valence-electron chi connectivity index (χ2n) is 4.73. The van der Waals surface area contributed by atoms with Crippen LogP contribution in [0.25, 0.3) is 0 Å². The smallest absolute Gasteiger partial charge is 0.274 e. The first-order valence-electron chi connectivity index (χ1n) is 6.45. The van der Waals surface area contributed by atoms with Crippen LogP contribution in [0.1, 0.15) is 5.56 Å². The van der Waals surface area contributed by atoms with E-state index >= 15 is 0 Å². The molecule has 6 heteroatoms. The highest BCUT2D eigenvalue weighted by Gasteiger charge is 2.21. The van der Waals surface area contributed by atoms with E-state index in [9.17, 15) is 10.1 Å². The summed E-state index contributed by atoms with van der Waals surface area (Å²) in [6.07, 6.45) is 0. The molecule has 1 heterocycles. The average molecular weight is 265 g/mol. The Morgan fingerprint density at radius 2 is 2.00 bits per heavy atom. The number of nitro benzene ring substituents is 1. The molecule has 1 aromatic rings.